The van der Waals surface area contributed by atoms with Gasteiger partial charge < -0.3 is 10.1 Å². The Morgan fingerprint density at radius 2 is 2.11 bits per heavy atom. The average Bonchev–Trinajstić information content (AvgIpc) is 2.36. The predicted octanol–water partition coefficient (Wildman–Crippen LogP) is 1.77. The molecular formula is C12H14N2O5. The first-order valence-electron chi connectivity index (χ1n) is 5.64. The van der Waals surface area contributed by atoms with Gasteiger partial charge in [-0.05, 0) is 26.0 Å². The number of benzene rings is 1. The molecule has 0 atom stereocenters. The van der Waals surface area contributed by atoms with Crippen molar-refractivity contribution in [3.05, 3.63) is 33.9 Å². The second-order valence-corrected chi connectivity index (χ2v) is 3.70. The van der Waals surface area contributed by atoms with Crippen LogP contribution in [0.15, 0.2) is 18.2 Å². The van der Waals surface area contributed by atoms with Gasteiger partial charge in [0.15, 0.2) is 5.78 Å². The van der Waals surface area contributed by atoms with Crippen LogP contribution in [-0.4, -0.2) is 29.8 Å². The van der Waals surface area contributed by atoms with Crippen molar-refractivity contribution in [3.8, 4) is 0 Å². The van der Waals surface area contributed by atoms with Crippen molar-refractivity contribution in [3.63, 3.8) is 0 Å². The number of carbonyl (C=O) groups excluding carboxylic acids is 2. The maximum Gasteiger partial charge on any atom is 0.325 e. The highest BCUT2D eigenvalue weighted by atomic mass is 16.6. The molecule has 0 amide bonds. The maximum absolute atomic E-state index is 11.2. The van der Waals surface area contributed by atoms with E-state index >= 15 is 0 Å². The van der Waals surface area contributed by atoms with Crippen LogP contribution in [0.2, 0.25) is 0 Å². The molecule has 19 heavy (non-hydrogen) atoms. The third-order valence-corrected chi connectivity index (χ3v) is 2.33. The van der Waals surface area contributed by atoms with Crippen LogP contribution >= 0.6 is 0 Å². The number of esters is 1. The number of ether oxygens (including phenoxy) is 1. The number of nitrogens with zero attached hydrogens (tertiary/aromatic N) is 1. The highest BCUT2D eigenvalue weighted by Crippen LogP contribution is 2.25. The van der Waals surface area contributed by atoms with Crippen LogP contribution in [0, 0.1) is 10.1 Å². The van der Waals surface area contributed by atoms with E-state index in [9.17, 15) is 19.7 Å². The summed E-state index contributed by atoms with van der Waals surface area (Å²) in [5, 5.41) is 13.5. The summed E-state index contributed by atoms with van der Waals surface area (Å²) in [5.74, 6) is -0.771. The molecule has 0 saturated carbocycles. The molecule has 0 unspecified atom stereocenters. The average molecular weight is 266 g/mol. The number of Topliss-reactive ketones (excluding diaryl/α,β-unsaturated/α-hetero) is 1. The van der Waals surface area contributed by atoms with Gasteiger partial charge in [0.1, 0.15) is 12.2 Å². The second-order valence-electron chi connectivity index (χ2n) is 3.70. The van der Waals surface area contributed by atoms with Crippen LogP contribution in [0.3, 0.4) is 0 Å². The predicted molar refractivity (Wildman–Crippen MR) is 68.2 cm³/mol. The molecule has 0 heterocycles. The lowest BCUT2D eigenvalue weighted by Gasteiger charge is -2.07. The van der Waals surface area contributed by atoms with Crippen molar-refractivity contribution in [1.82, 2.24) is 0 Å². The summed E-state index contributed by atoms with van der Waals surface area (Å²) >= 11 is 0. The number of nitrogens with one attached hydrogen (secondary N) is 1. The topological polar surface area (TPSA) is 98.5 Å². The molecule has 0 radical (unpaired) electrons. The Bertz CT molecular complexity index is 513. The van der Waals surface area contributed by atoms with Crippen LogP contribution in [-0.2, 0) is 9.53 Å². The van der Waals surface area contributed by atoms with E-state index in [0.717, 1.165) is 0 Å². The zero-order valence-electron chi connectivity index (χ0n) is 10.6. The van der Waals surface area contributed by atoms with Crippen LogP contribution in [0.1, 0.15) is 24.2 Å². The Kier molecular flexibility index (Phi) is 4.99. The SMILES string of the molecule is CCOC(=O)CNc1ccc(C(C)=O)cc1[N+](=O)[O-]. The molecular weight excluding hydrogens is 252 g/mol. The summed E-state index contributed by atoms with van der Waals surface area (Å²) in [5.41, 5.74) is 0.161. The Hall–Kier alpha value is -2.44. The van der Waals surface area contributed by atoms with Gasteiger partial charge in [0.25, 0.3) is 5.69 Å². The van der Waals surface area contributed by atoms with E-state index in [-0.39, 0.29) is 35.9 Å². The van der Waals surface area contributed by atoms with Crippen LogP contribution in [0.4, 0.5) is 11.4 Å². The summed E-state index contributed by atoms with van der Waals surface area (Å²) in [7, 11) is 0. The number of hydrogen-bond donors (Lipinski definition) is 1. The maximum atomic E-state index is 11.2. The van der Waals surface area contributed by atoms with Crippen LogP contribution in [0.5, 0.6) is 0 Å². The number of ketones is 1. The van der Waals surface area contributed by atoms with Gasteiger partial charge in [-0.15, -0.1) is 0 Å². The summed E-state index contributed by atoms with van der Waals surface area (Å²) in [6.07, 6.45) is 0. The molecule has 0 aliphatic rings. The number of nitro benzene ring substituents is 1. The number of anilines is 1. The number of nitro groups is 1. The third-order valence-electron chi connectivity index (χ3n) is 2.33. The smallest absolute Gasteiger partial charge is 0.325 e. The lowest BCUT2D eigenvalue weighted by molar-refractivity contribution is -0.384. The minimum Gasteiger partial charge on any atom is -0.465 e. The Morgan fingerprint density at radius 3 is 2.63 bits per heavy atom. The minimum atomic E-state index is -0.611. The molecule has 1 rings (SSSR count). The molecule has 0 spiro atoms. The standard InChI is InChI=1S/C12H14N2O5/c1-3-19-12(16)7-13-10-5-4-9(8(2)15)6-11(10)14(17)18/h4-6,13H,3,7H2,1-2H3. The largest absolute Gasteiger partial charge is 0.465 e. The second kappa shape index (κ2) is 6.48. The Labute approximate surface area is 109 Å². The van der Waals surface area contributed by atoms with E-state index in [4.69, 9.17) is 4.74 Å². The summed E-state index contributed by atoms with van der Waals surface area (Å²) in [6, 6.07) is 4.03. The first kappa shape index (κ1) is 14.6. The van der Waals surface area contributed by atoms with Gasteiger partial charge in [0.2, 0.25) is 0 Å². The lowest BCUT2D eigenvalue weighted by atomic mass is 10.1. The monoisotopic (exact) mass is 266 g/mol. The molecule has 1 aromatic rings. The van der Waals surface area contributed by atoms with E-state index in [2.05, 4.69) is 5.32 Å². The van der Waals surface area contributed by atoms with Gasteiger partial charge >= 0.3 is 5.97 Å². The highest BCUT2D eigenvalue weighted by molar-refractivity contribution is 5.95. The van der Waals surface area contributed by atoms with Gasteiger partial charge in [0, 0.05) is 11.6 Å². The van der Waals surface area contributed by atoms with E-state index in [0.29, 0.717) is 0 Å². The molecule has 1 aromatic carbocycles. The minimum absolute atomic E-state index is 0.169. The van der Waals surface area contributed by atoms with Crippen LogP contribution in [0.25, 0.3) is 0 Å². The zero-order valence-corrected chi connectivity index (χ0v) is 10.6. The van der Waals surface area contributed by atoms with Gasteiger partial charge in [-0.2, -0.15) is 0 Å². The third kappa shape index (κ3) is 4.06. The van der Waals surface area contributed by atoms with Crippen molar-refractivity contribution < 1.29 is 19.2 Å². The van der Waals surface area contributed by atoms with E-state index < -0.39 is 10.9 Å². The van der Waals surface area contributed by atoms with Gasteiger partial charge in [-0.3, -0.25) is 19.7 Å². The number of hydrogen-bond acceptors (Lipinski definition) is 6. The molecule has 102 valence electrons. The fourth-order valence-corrected chi connectivity index (χ4v) is 1.43. The lowest BCUT2D eigenvalue weighted by Crippen LogP contribution is -2.17. The van der Waals surface area contributed by atoms with E-state index in [1.165, 1.54) is 25.1 Å². The van der Waals surface area contributed by atoms with E-state index in [1.54, 1.807) is 6.92 Å². The summed E-state index contributed by atoms with van der Waals surface area (Å²) < 4.78 is 4.70. The zero-order chi connectivity index (χ0) is 14.4. The Balaban J connectivity index is 2.91. The van der Waals surface area contributed by atoms with Gasteiger partial charge in [-0.25, -0.2) is 0 Å². The fraction of sp³-hybridized carbons (Fsp3) is 0.333. The summed E-state index contributed by atoms with van der Waals surface area (Å²) in [4.78, 5) is 32.6. The molecule has 7 nitrogen and oxygen atoms in total. The molecule has 0 aliphatic heterocycles. The molecule has 0 aromatic heterocycles. The fourth-order valence-electron chi connectivity index (χ4n) is 1.43. The molecule has 0 saturated heterocycles. The number of carbonyl (C=O) groups is 2. The van der Waals surface area contributed by atoms with Crippen molar-refractivity contribution >= 4 is 23.1 Å². The van der Waals surface area contributed by atoms with Crippen molar-refractivity contribution in [2.45, 2.75) is 13.8 Å². The molecule has 0 bridgehead atoms. The molecule has 1 N–H and O–H groups in total. The first-order chi connectivity index (χ1) is 8.95. The molecule has 0 aliphatic carbocycles. The number of rotatable bonds is 6. The first-order valence-corrected chi connectivity index (χ1v) is 5.64. The molecule has 7 heteroatoms. The van der Waals surface area contributed by atoms with Crippen LogP contribution < -0.4 is 5.32 Å². The van der Waals surface area contributed by atoms with Crippen molar-refractivity contribution in [2.75, 3.05) is 18.5 Å². The highest BCUT2D eigenvalue weighted by Gasteiger charge is 2.16. The summed E-state index contributed by atoms with van der Waals surface area (Å²) in [6.45, 7) is 3.06. The van der Waals surface area contributed by atoms with Crippen molar-refractivity contribution in [1.29, 1.82) is 0 Å². The van der Waals surface area contributed by atoms with Gasteiger partial charge in [0.05, 0.1) is 11.5 Å². The normalized spacial score (nSPS) is 9.79. The quantitative estimate of drug-likeness (QED) is 0.364. The van der Waals surface area contributed by atoms with E-state index in [1.807, 2.05) is 0 Å². The Morgan fingerprint density at radius 1 is 1.42 bits per heavy atom. The molecule has 0 fully saturated rings. The van der Waals surface area contributed by atoms with Crippen molar-refractivity contribution in [2.24, 2.45) is 0 Å². The van der Waals surface area contributed by atoms with Gasteiger partial charge in [-0.1, -0.05) is 0 Å².